The van der Waals surface area contributed by atoms with Crippen molar-refractivity contribution in [1.82, 2.24) is 0 Å². The van der Waals surface area contributed by atoms with Crippen LogP contribution in [0.3, 0.4) is 0 Å². The quantitative estimate of drug-likeness (QED) is 0.651. The van der Waals surface area contributed by atoms with Crippen molar-refractivity contribution in [3.8, 4) is 0 Å². The largest absolute Gasteiger partial charge is 0.469 e. The lowest BCUT2D eigenvalue weighted by Crippen LogP contribution is -2.43. The van der Waals surface area contributed by atoms with Gasteiger partial charge in [-0.25, -0.2) is 0 Å². The van der Waals surface area contributed by atoms with E-state index in [-0.39, 0.29) is 17.4 Å². The van der Waals surface area contributed by atoms with Gasteiger partial charge in [0.25, 0.3) is 0 Å². The van der Waals surface area contributed by atoms with Crippen molar-refractivity contribution in [2.45, 2.75) is 65.3 Å². The zero-order valence-corrected chi connectivity index (χ0v) is 11.2. The number of rotatable bonds is 8. The van der Waals surface area contributed by atoms with Crippen LogP contribution in [0.2, 0.25) is 0 Å². The van der Waals surface area contributed by atoms with E-state index in [0.29, 0.717) is 6.42 Å². The Morgan fingerprint density at radius 2 is 1.75 bits per heavy atom. The summed E-state index contributed by atoms with van der Waals surface area (Å²) in [6.45, 7) is 6.37. The fourth-order valence-electron chi connectivity index (χ4n) is 2.59. The average molecular weight is 229 g/mol. The third kappa shape index (κ3) is 4.12. The molecule has 2 N–H and O–H groups in total. The molecule has 16 heavy (non-hydrogen) atoms. The number of esters is 1. The fourth-order valence-corrected chi connectivity index (χ4v) is 2.59. The summed E-state index contributed by atoms with van der Waals surface area (Å²) in [6, 6.07) is 0.0894. The summed E-state index contributed by atoms with van der Waals surface area (Å²) in [4.78, 5) is 11.5. The van der Waals surface area contributed by atoms with Crippen LogP contribution in [0.25, 0.3) is 0 Å². The molecule has 0 saturated heterocycles. The Kier molecular flexibility index (Phi) is 7.39. The molecule has 0 aliphatic carbocycles. The number of hydrogen-bond acceptors (Lipinski definition) is 3. The minimum Gasteiger partial charge on any atom is -0.469 e. The van der Waals surface area contributed by atoms with Crippen molar-refractivity contribution < 1.29 is 9.53 Å². The molecule has 0 aliphatic rings. The molecule has 0 spiro atoms. The zero-order chi connectivity index (χ0) is 12.6. The molecule has 0 rings (SSSR count). The summed E-state index contributed by atoms with van der Waals surface area (Å²) in [5, 5.41) is 0. The second kappa shape index (κ2) is 7.66. The van der Waals surface area contributed by atoms with Crippen molar-refractivity contribution in [2.75, 3.05) is 7.11 Å². The molecule has 0 fully saturated rings. The lowest BCUT2D eigenvalue weighted by atomic mass is 9.70. The molecule has 0 amide bonds. The predicted molar refractivity (Wildman–Crippen MR) is 67.1 cm³/mol. The van der Waals surface area contributed by atoms with Gasteiger partial charge >= 0.3 is 5.97 Å². The van der Waals surface area contributed by atoms with Crippen LogP contribution >= 0.6 is 0 Å². The van der Waals surface area contributed by atoms with E-state index < -0.39 is 0 Å². The molecule has 0 aromatic rings. The molecule has 0 saturated carbocycles. The molecular formula is C13H27NO2. The van der Waals surface area contributed by atoms with E-state index in [9.17, 15) is 4.79 Å². The van der Waals surface area contributed by atoms with Crippen LogP contribution in [0, 0.1) is 5.41 Å². The Hall–Kier alpha value is -0.570. The molecule has 1 atom stereocenters. The first-order valence-corrected chi connectivity index (χ1v) is 6.38. The van der Waals surface area contributed by atoms with Gasteiger partial charge in [-0.05, 0) is 24.7 Å². The van der Waals surface area contributed by atoms with Crippen molar-refractivity contribution in [2.24, 2.45) is 11.1 Å². The maximum atomic E-state index is 11.5. The molecule has 0 bridgehead atoms. The highest BCUT2D eigenvalue weighted by Gasteiger charge is 2.36. The number of carbonyl (C=O) groups excluding carboxylic acids is 1. The van der Waals surface area contributed by atoms with Crippen LogP contribution in [0.15, 0.2) is 0 Å². The van der Waals surface area contributed by atoms with E-state index in [2.05, 4.69) is 20.8 Å². The first-order chi connectivity index (χ1) is 7.56. The molecule has 96 valence electrons. The molecule has 3 nitrogen and oxygen atoms in total. The normalized spacial score (nSPS) is 13.6. The van der Waals surface area contributed by atoms with Crippen LogP contribution in [0.5, 0.6) is 0 Å². The van der Waals surface area contributed by atoms with Crippen LogP contribution in [0.4, 0.5) is 0 Å². The van der Waals surface area contributed by atoms with Gasteiger partial charge in [-0.15, -0.1) is 0 Å². The molecule has 0 aliphatic heterocycles. The molecular weight excluding hydrogens is 202 g/mol. The predicted octanol–water partition coefficient (Wildman–Crippen LogP) is 2.87. The maximum absolute atomic E-state index is 11.5. The molecule has 0 aromatic carbocycles. The summed E-state index contributed by atoms with van der Waals surface area (Å²) in [5.74, 6) is -0.134. The van der Waals surface area contributed by atoms with Crippen LogP contribution < -0.4 is 5.73 Å². The first-order valence-electron chi connectivity index (χ1n) is 6.38. The van der Waals surface area contributed by atoms with Crippen molar-refractivity contribution >= 4 is 5.97 Å². The summed E-state index contributed by atoms with van der Waals surface area (Å²) in [6.07, 6.45) is 5.50. The van der Waals surface area contributed by atoms with Crippen LogP contribution in [-0.4, -0.2) is 19.1 Å². The van der Waals surface area contributed by atoms with Gasteiger partial charge in [0.1, 0.15) is 0 Å². The number of ether oxygens (including phenoxy) is 1. The monoisotopic (exact) mass is 229 g/mol. The second-order valence-corrected chi connectivity index (χ2v) is 4.63. The van der Waals surface area contributed by atoms with Crippen molar-refractivity contribution in [1.29, 1.82) is 0 Å². The number of methoxy groups -OCH3 is 1. The van der Waals surface area contributed by atoms with E-state index in [4.69, 9.17) is 10.5 Å². The highest BCUT2D eigenvalue weighted by Crippen LogP contribution is 2.38. The average Bonchev–Trinajstić information content (AvgIpc) is 2.28. The minimum atomic E-state index is -0.134. The summed E-state index contributed by atoms with van der Waals surface area (Å²) in [7, 11) is 1.45. The van der Waals surface area contributed by atoms with Gasteiger partial charge in [0.05, 0.1) is 13.5 Å². The van der Waals surface area contributed by atoms with E-state index in [0.717, 1.165) is 32.1 Å². The molecule has 0 aromatic heterocycles. The summed E-state index contributed by atoms with van der Waals surface area (Å²) >= 11 is 0. The number of hydrogen-bond donors (Lipinski definition) is 1. The highest BCUT2D eigenvalue weighted by atomic mass is 16.5. The molecule has 1 unspecified atom stereocenters. The lowest BCUT2D eigenvalue weighted by Gasteiger charge is -2.38. The number of carbonyl (C=O) groups is 1. The fraction of sp³-hybridized carbons (Fsp3) is 0.923. The SMILES string of the molecule is CCCC(CCC)(CC(=O)OC)C(N)CC. The van der Waals surface area contributed by atoms with E-state index in [1.165, 1.54) is 7.11 Å². The second-order valence-electron chi connectivity index (χ2n) is 4.63. The third-order valence-electron chi connectivity index (χ3n) is 3.45. The smallest absolute Gasteiger partial charge is 0.306 e. The van der Waals surface area contributed by atoms with Crippen LogP contribution in [0.1, 0.15) is 59.3 Å². The standard InChI is InChI=1S/C13H27NO2/c1-5-8-13(9-6-2,11(14)7-3)10-12(15)16-4/h11H,5-10,14H2,1-4H3. The van der Waals surface area contributed by atoms with E-state index in [1.807, 2.05) is 0 Å². The Morgan fingerprint density at radius 3 is 2.06 bits per heavy atom. The Balaban J connectivity index is 4.83. The Morgan fingerprint density at radius 1 is 1.25 bits per heavy atom. The van der Waals surface area contributed by atoms with Gasteiger partial charge < -0.3 is 10.5 Å². The first kappa shape index (κ1) is 15.4. The van der Waals surface area contributed by atoms with Gasteiger partial charge in [0.2, 0.25) is 0 Å². The molecule has 0 radical (unpaired) electrons. The zero-order valence-electron chi connectivity index (χ0n) is 11.2. The topological polar surface area (TPSA) is 52.3 Å². The van der Waals surface area contributed by atoms with Gasteiger partial charge in [0, 0.05) is 6.04 Å². The summed E-state index contributed by atoms with van der Waals surface area (Å²) < 4.78 is 4.80. The van der Waals surface area contributed by atoms with Gasteiger partial charge in [-0.3, -0.25) is 4.79 Å². The van der Waals surface area contributed by atoms with Gasteiger partial charge in [0.15, 0.2) is 0 Å². The highest BCUT2D eigenvalue weighted by molar-refractivity contribution is 5.70. The van der Waals surface area contributed by atoms with E-state index in [1.54, 1.807) is 0 Å². The number of nitrogens with two attached hydrogens (primary N) is 1. The maximum Gasteiger partial charge on any atom is 0.306 e. The lowest BCUT2D eigenvalue weighted by molar-refractivity contribution is -0.144. The Bertz CT molecular complexity index is 198. The van der Waals surface area contributed by atoms with E-state index >= 15 is 0 Å². The van der Waals surface area contributed by atoms with Crippen molar-refractivity contribution in [3.63, 3.8) is 0 Å². The van der Waals surface area contributed by atoms with Gasteiger partial charge in [-0.1, -0.05) is 33.6 Å². The Labute approximate surface area is 99.7 Å². The molecule has 3 heteroatoms. The third-order valence-corrected chi connectivity index (χ3v) is 3.45. The van der Waals surface area contributed by atoms with Crippen LogP contribution in [-0.2, 0) is 9.53 Å². The molecule has 0 heterocycles. The summed E-state index contributed by atoms with van der Waals surface area (Å²) in [5.41, 5.74) is 6.16. The van der Waals surface area contributed by atoms with Crippen molar-refractivity contribution in [3.05, 3.63) is 0 Å². The minimum absolute atomic E-state index is 0.0641. The van der Waals surface area contributed by atoms with Gasteiger partial charge in [-0.2, -0.15) is 0 Å².